The molecule has 0 N–H and O–H groups in total. The fourth-order valence-corrected chi connectivity index (χ4v) is 1.45. The van der Waals surface area contributed by atoms with Gasteiger partial charge in [-0.25, -0.2) is 0 Å². The molecule has 0 heterocycles. The molecule has 0 amide bonds. The van der Waals surface area contributed by atoms with Gasteiger partial charge in [0.25, 0.3) is 0 Å². The average molecular weight is 259 g/mol. The molecule has 1 rings (SSSR count). The summed E-state index contributed by atoms with van der Waals surface area (Å²) in [6.45, 7) is 0. The molecule has 0 saturated carbocycles. The largest absolute Gasteiger partial charge is 0.293 e. The van der Waals surface area contributed by atoms with E-state index >= 15 is 0 Å². The third kappa shape index (κ3) is 2.55. The third-order valence-corrected chi connectivity index (χ3v) is 2.20. The highest BCUT2D eigenvalue weighted by molar-refractivity contribution is 9.09. The fourth-order valence-electron chi connectivity index (χ4n) is 0.892. The number of benzene rings is 1. The predicted molar refractivity (Wildman–Crippen MR) is 54.3 cm³/mol. The molecule has 1 aromatic rings. The molecular weight excluding hydrogens is 253 g/mol. The Morgan fingerprint density at radius 1 is 1.54 bits per heavy atom. The minimum atomic E-state index is -0.0843. The lowest BCUT2D eigenvalue weighted by Gasteiger charge is -1.98. The first-order valence-electron chi connectivity index (χ1n) is 3.47. The molecule has 0 radical (unpaired) electrons. The average Bonchev–Trinajstić information content (AvgIpc) is 2.15. The standard InChI is InChI=1S/C9H5BrClNO/c10-4-9(13)7-1-6(5-12)2-8(11)3-7/h1-3H,4H2. The van der Waals surface area contributed by atoms with Gasteiger partial charge in [0, 0.05) is 10.6 Å². The molecule has 4 heteroatoms. The van der Waals surface area contributed by atoms with E-state index in [0.717, 1.165) is 0 Å². The number of nitrogens with zero attached hydrogens (tertiary/aromatic N) is 1. The van der Waals surface area contributed by atoms with Gasteiger partial charge in [-0.05, 0) is 18.2 Å². The molecule has 1 aromatic carbocycles. The molecule has 0 atom stereocenters. The van der Waals surface area contributed by atoms with Gasteiger partial charge in [0.15, 0.2) is 5.78 Å². The summed E-state index contributed by atoms with van der Waals surface area (Å²) in [6.07, 6.45) is 0. The number of halogens is 2. The van der Waals surface area contributed by atoms with Gasteiger partial charge in [-0.1, -0.05) is 27.5 Å². The Balaban J connectivity index is 3.17. The van der Waals surface area contributed by atoms with Crippen molar-refractivity contribution < 1.29 is 4.79 Å². The number of rotatable bonds is 2. The van der Waals surface area contributed by atoms with Crippen molar-refractivity contribution in [3.8, 4) is 6.07 Å². The summed E-state index contributed by atoms with van der Waals surface area (Å²) in [4.78, 5) is 11.2. The van der Waals surface area contributed by atoms with Crippen LogP contribution in [0.2, 0.25) is 5.02 Å². The first-order valence-corrected chi connectivity index (χ1v) is 4.97. The number of carbonyl (C=O) groups excluding carboxylic acids is 1. The molecule has 2 nitrogen and oxygen atoms in total. The van der Waals surface area contributed by atoms with E-state index in [1.807, 2.05) is 6.07 Å². The second-order valence-electron chi connectivity index (χ2n) is 2.40. The van der Waals surface area contributed by atoms with Crippen molar-refractivity contribution in [3.05, 3.63) is 34.3 Å². The quantitative estimate of drug-likeness (QED) is 0.604. The molecule has 0 bridgehead atoms. The maximum Gasteiger partial charge on any atom is 0.173 e. The van der Waals surface area contributed by atoms with Crippen molar-refractivity contribution >= 4 is 33.3 Å². The third-order valence-electron chi connectivity index (χ3n) is 1.47. The number of ketones is 1. The zero-order valence-electron chi connectivity index (χ0n) is 6.55. The minimum Gasteiger partial charge on any atom is -0.293 e. The Bertz CT molecular complexity index is 384. The lowest BCUT2D eigenvalue weighted by molar-refractivity contribution is 0.102. The lowest BCUT2D eigenvalue weighted by atomic mass is 10.1. The zero-order chi connectivity index (χ0) is 9.84. The summed E-state index contributed by atoms with van der Waals surface area (Å²) in [7, 11) is 0. The van der Waals surface area contributed by atoms with E-state index in [4.69, 9.17) is 16.9 Å². The van der Waals surface area contributed by atoms with E-state index in [-0.39, 0.29) is 11.1 Å². The highest BCUT2D eigenvalue weighted by Crippen LogP contribution is 2.15. The van der Waals surface area contributed by atoms with Gasteiger partial charge in [0.2, 0.25) is 0 Å². The van der Waals surface area contributed by atoms with Crippen LogP contribution in [0.3, 0.4) is 0 Å². The number of hydrogen-bond donors (Lipinski definition) is 0. The van der Waals surface area contributed by atoms with E-state index in [2.05, 4.69) is 15.9 Å². The number of alkyl halides is 1. The topological polar surface area (TPSA) is 40.9 Å². The highest BCUT2D eigenvalue weighted by Gasteiger charge is 2.06. The molecule has 0 fully saturated rings. The molecule has 0 aliphatic rings. The molecule has 0 unspecified atom stereocenters. The summed E-state index contributed by atoms with van der Waals surface area (Å²) in [5.41, 5.74) is 0.859. The van der Waals surface area contributed by atoms with Crippen LogP contribution >= 0.6 is 27.5 Å². The van der Waals surface area contributed by atoms with Crippen LogP contribution in [0.25, 0.3) is 0 Å². The predicted octanol–water partition coefficient (Wildman–Crippen LogP) is 2.79. The van der Waals surface area contributed by atoms with Gasteiger partial charge in [0.1, 0.15) is 0 Å². The monoisotopic (exact) mass is 257 g/mol. The Morgan fingerprint density at radius 3 is 2.77 bits per heavy atom. The molecule has 0 aliphatic carbocycles. The molecule has 0 aliphatic heterocycles. The van der Waals surface area contributed by atoms with Crippen molar-refractivity contribution in [2.24, 2.45) is 0 Å². The van der Waals surface area contributed by atoms with Crippen molar-refractivity contribution in [1.82, 2.24) is 0 Å². The summed E-state index contributed by atoms with van der Waals surface area (Å²) >= 11 is 8.76. The second kappa shape index (κ2) is 4.40. The summed E-state index contributed by atoms with van der Waals surface area (Å²) < 4.78 is 0. The first kappa shape index (κ1) is 10.2. The van der Waals surface area contributed by atoms with E-state index in [0.29, 0.717) is 16.1 Å². The van der Waals surface area contributed by atoms with E-state index in [1.165, 1.54) is 12.1 Å². The number of carbonyl (C=O) groups is 1. The van der Waals surface area contributed by atoms with Gasteiger partial charge in [-0.15, -0.1) is 0 Å². The summed E-state index contributed by atoms with van der Waals surface area (Å²) in [6, 6.07) is 6.53. The van der Waals surface area contributed by atoms with Crippen molar-refractivity contribution in [2.45, 2.75) is 0 Å². The SMILES string of the molecule is N#Cc1cc(Cl)cc(C(=O)CBr)c1. The number of hydrogen-bond acceptors (Lipinski definition) is 2. The normalized spacial score (nSPS) is 9.31. The Hall–Kier alpha value is -0.850. The van der Waals surface area contributed by atoms with Crippen LogP contribution in [-0.4, -0.2) is 11.1 Å². The highest BCUT2D eigenvalue weighted by atomic mass is 79.9. The van der Waals surface area contributed by atoms with Crippen LogP contribution in [0.5, 0.6) is 0 Å². The maximum atomic E-state index is 11.2. The molecule has 0 saturated heterocycles. The van der Waals surface area contributed by atoms with Crippen molar-refractivity contribution in [3.63, 3.8) is 0 Å². The fraction of sp³-hybridized carbons (Fsp3) is 0.111. The Kier molecular flexibility index (Phi) is 3.47. The van der Waals surface area contributed by atoms with Crippen LogP contribution in [0.15, 0.2) is 18.2 Å². The summed E-state index contributed by atoms with van der Waals surface area (Å²) in [5, 5.41) is 9.25. The molecule has 66 valence electrons. The molecule has 0 spiro atoms. The van der Waals surface area contributed by atoms with E-state index < -0.39 is 0 Å². The maximum absolute atomic E-state index is 11.2. The van der Waals surface area contributed by atoms with Gasteiger partial charge in [-0.3, -0.25) is 4.79 Å². The van der Waals surface area contributed by atoms with Gasteiger partial charge < -0.3 is 0 Å². The summed E-state index contributed by atoms with van der Waals surface area (Å²) in [5.74, 6) is -0.0843. The second-order valence-corrected chi connectivity index (χ2v) is 3.39. The molecular formula is C9H5BrClNO. The smallest absolute Gasteiger partial charge is 0.173 e. The number of nitriles is 1. The van der Waals surface area contributed by atoms with Crippen LogP contribution < -0.4 is 0 Å². The molecule has 0 aromatic heterocycles. The van der Waals surface area contributed by atoms with Gasteiger partial charge in [-0.2, -0.15) is 5.26 Å². The first-order chi connectivity index (χ1) is 6.17. The zero-order valence-corrected chi connectivity index (χ0v) is 8.89. The van der Waals surface area contributed by atoms with Crippen LogP contribution in [-0.2, 0) is 0 Å². The van der Waals surface area contributed by atoms with Crippen LogP contribution in [0.1, 0.15) is 15.9 Å². The number of Topliss-reactive ketones (excluding diaryl/α,β-unsaturated/α-hetero) is 1. The van der Waals surface area contributed by atoms with E-state index in [1.54, 1.807) is 6.07 Å². The lowest BCUT2D eigenvalue weighted by Crippen LogP contribution is -2.00. The van der Waals surface area contributed by atoms with Gasteiger partial charge in [0.05, 0.1) is 17.0 Å². The van der Waals surface area contributed by atoms with Gasteiger partial charge >= 0.3 is 0 Å². The minimum absolute atomic E-state index is 0.0843. The Morgan fingerprint density at radius 2 is 2.23 bits per heavy atom. The van der Waals surface area contributed by atoms with Crippen molar-refractivity contribution in [2.75, 3.05) is 5.33 Å². The van der Waals surface area contributed by atoms with Crippen LogP contribution in [0.4, 0.5) is 0 Å². The molecule has 13 heavy (non-hydrogen) atoms. The Labute approximate surface area is 89.3 Å². The van der Waals surface area contributed by atoms with Crippen molar-refractivity contribution in [1.29, 1.82) is 5.26 Å². The van der Waals surface area contributed by atoms with Crippen LogP contribution in [0, 0.1) is 11.3 Å². The van der Waals surface area contributed by atoms with E-state index in [9.17, 15) is 4.79 Å².